The summed E-state index contributed by atoms with van der Waals surface area (Å²) in [6, 6.07) is 18.4. The van der Waals surface area contributed by atoms with E-state index in [2.05, 4.69) is 6.58 Å². The molecular weight excluding hydrogens is 476 g/mol. The van der Waals surface area contributed by atoms with Crippen molar-refractivity contribution in [2.24, 2.45) is 0 Å². The van der Waals surface area contributed by atoms with Crippen LogP contribution in [-0.4, -0.2) is 36.2 Å². The Hall–Kier alpha value is -4.59. The van der Waals surface area contributed by atoms with Crippen molar-refractivity contribution >= 4 is 17.9 Å². The van der Waals surface area contributed by atoms with Crippen molar-refractivity contribution in [1.29, 1.82) is 0 Å². The Morgan fingerprint density at radius 3 is 1.62 bits per heavy atom. The highest BCUT2D eigenvalue weighted by atomic mass is 16.5. The number of rotatable bonds is 13. The van der Waals surface area contributed by atoms with Crippen molar-refractivity contribution in [3.8, 4) is 23.0 Å². The molecule has 0 aliphatic rings. The third-order valence-corrected chi connectivity index (χ3v) is 5.16. The average Bonchev–Trinajstić information content (AvgIpc) is 2.92. The highest BCUT2D eigenvalue weighted by molar-refractivity contribution is 5.92. The van der Waals surface area contributed by atoms with Crippen LogP contribution in [0.5, 0.6) is 23.0 Å². The fourth-order valence-electron chi connectivity index (χ4n) is 3.17. The summed E-state index contributed by atoms with van der Waals surface area (Å²) in [6.07, 6.45) is 4.68. The molecule has 0 spiro atoms. The van der Waals surface area contributed by atoms with Gasteiger partial charge in [-0.05, 0) is 98.5 Å². The summed E-state index contributed by atoms with van der Waals surface area (Å²) in [5.74, 6) is -0.218. The molecule has 0 atom stereocenters. The molecule has 192 valence electrons. The number of carbonyl (C=O) groups excluding carboxylic acids is 3. The molecule has 1 N–H and O–H groups in total. The molecule has 0 fully saturated rings. The van der Waals surface area contributed by atoms with Gasteiger partial charge in [0.2, 0.25) is 0 Å². The first kappa shape index (κ1) is 27.0. The topological polar surface area (TPSA) is 108 Å². The van der Waals surface area contributed by atoms with Gasteiger partial charge in [-0.1, -0.05) is 6.58 Å². The molecule has 0 saturated carbocycles. The van der Waals surface area contributed by atoms with Gasteiger partial charge in [0.05, 0.1) is 24.3 Å². The molecule has 0 aliphatic heterocycles. The van der Waals surface area contributed by atoms with Crippen LogP contribution in [-0.2, 0) is 9.53 Å². The molecule has 0 aromatic heterocycles. The van der Waals surface area contributed by atoms with Gasteiger partial charge >= 0.3 is 17.9 Å². The minimum Gasteiger partial charge on any atom is -0.508 e. The van der Waals surface area contributed by atoms with Gasteiger partial charge in [0.25, 0.3) is 0 Å². The van der Waals surface area contributed by atoms with E-state index in [1.165, 1.54) is 48.5 Å². The minimum absolute atomic E-state index is 0.0714. The van der Waals surface area contributed by atoms with Crippen LogP contribution < -0.4 is 14.2 Å². The van der Waals surface area contributed by atoms with Crippen LogP contribution in [0.15, 0.2) is 85.5 Å². The average molecular weight is 505 g/mol. The normalized spacial score (nSPS) is 10.3. The fourth-order valence-corrected chi connectivity index (χ4v) is 3.17. The Bertz CT molecular complexity index is 1180. The molecule has 37 heavy (non-hydrogen) atoms. The molecule has 3 rings (SSSR count). The van der Waals surface area contributed by atoms with Crippen LogP contribution in [0.2, 0.25) is 0 Å². The molecule has 3 aromatic rings. The van der Waals surface area contributed by atoms with Crippen molar-refractivity contribution in [2.45, 2.75) is 25.7 Å². The SMILES string of the molecule is C=CC(=O)OCCCCCCOc1ccc(C(=O)Oc2ccc(C(=O)Oc3ccc(O)cc3)cc2)cc1. The number of carbonyl (C=O) groups is 3. The molecule has 8 heteroatoms. The molecular formula is C29H28O8. The number of phenols is 1. The number of ether oxygens (including phenoxy) is 4. The van der Waals surface area contributed by atoms with Gasteiger partial charge in [-0.3, -0.25) is 0 Å². The van der Waals surface area contributed by atoms with Crippen molar-refractivity contribution < 1.29 is 38.4 Å². The highest BCUT2D eigenvalue weighted by Crippen LogP contribution is 2.20. The quantitative estimate of drug-likeness (QED) is 0.141. The van der Waals surface area contributed by atoms with E-state index in [0.29, 0.717) is 30.3 Å². The first-order valence-corrected chi connectivity index (χ1v) is 11.8. The van der Waals surface area contributed by atoms with E-state index in [4.69, 9.17) is 18.9 Å². The Morgan fingerprint density at radius 1 is 0.649 bits per heavy atom. The van der Waals surface area contributed by atoms with Crippen LogP contribution in [0.25, 0.3) is 0 Å². The lowest BCUT2D eigenvalue weighted by atomic mass is 10.2. The zero-order valence-corrected chi connectivity index (χ0v) is 20.3. The predicted octanol–water partition coefficient (Wildman–Crippen LogP) is 5.50. The monoisotopic (exact) mass is 504 g/mol. The Morgan fingerprint density at radius 2 is 1.11 bits per heavy atom. The van der Waals surface area contributed by atoms with Gasteiger partial charge in [0.1, 0.15) is 23.0 Å². The molecule has 0 bridgehead atoms. The summed E-state index contributed by atoms with van der Waals surface area (Å²) in [5.41, 5.74) is 0.641. The van der Waals surface area contributed by atoms with Gasteiger partial charge in [-0.25, -0.2) is 14.4 Å². The standard InChI is InChI=1S/C29H28O8/c1-2-27(31)35-20-6-4-3-5-19-34-24-13-7-21(8-14-24)28(32)36-25-15-9-22(10-16-25)29(33)37-26-17-11-23(30)12-18-26/h2,7-18,30H,1,3-6,19-20H2. The van der Waals surface area contributed by atoms with Crippen molar-refractivity contribution in [1.82, 2.24) is 0 Å². The molecule has 0 radical (unpaired) electrons. The zero-order chi connectivity index (χ0) is 26.5. The largest absolute Gasteiger partial charge is 0.508 e. The van der Waals surface area contributed by atoms with Gasteiger partial charge in [0.15, 0.2) is 0 Å². The van der Waals surface area contributed by atoms with Crippen molar-refractivity contribution in [3.05, 3.63) is 96.6 Å². The lowest BCUT2D eigenvalue weighted by Crippen LogP contribution is -2.10. The van der Waals surface area contributed by atoms with E-state index in [-0.39, 0.29) is 17.1 Å². The second-order valence-corrected chi connectivity index (χ2v) is 7.96. The summed E-state index contributed by atoms with van der Waals surface area (Å²) in [5, 5.41) is 9.30. The smallest absolute Gasteiger partial charge is 0.343 e. The number of unbranched alkanes of at least 4 members (excludes halogenated alkanes) is 3. The number of esters is 3. The van der Waals surface area contributed by atoms with Crippen LogP contribution in [0.3, 0.4) is 0 Å². The molecule has 0 saturated heterocycles. The summed E-state index contributed by atoms with van der Waals surface area (Å²) in [7, 11) is 0. The highest BCUT2D eigenvalue weighted by Gasteiger charge is 2.12. The molecule has 8 nitrogen and oxygen atoms in total. The Labute approximate surface area is 215 Å². The molecule has 0 aliphatic carbocycles. The number of benzene rings is 3. The third kappa shape index (κ3) is 9.18. The third-order valence-electron chi connectivity index (χ3n) is 5.16. The molecule has 3 aromatic carbocycles. The van der Waals surface area contributed by atoms with Gasteiger partial charge < -0.3 is 24.1 Å². The zero-order valence-electron chi connectivity index (χ0n) is 20.3. The molecule has 0 amide bonds. The van der Waals surface area contributed by atoms with Crippen LogP contribution in [0.1, 0.15) is 46.4 Å². The number of hydrogen-bond donors (Lipinski definition) is 1. The second-order valence-electron chi connectivity index (χ2n) is 7.96. The molecule has 0 unspecified atom stereocenters. The lowest BCUT2D eigenvalue weighted by molar-refractivity contribution is -0.137. The van der Waals surface area contributed by atoms with Gasteiger partial charge in [-0.15, -0.1) is 0 Å². The summed E-state index contributed by atoms with van der Waals surface area (Å²) < 4.78 is 21.2. The van der Waals surface area contributed by atoms with E-state index < -0.39 is 17.9 Å². The van der Waals surface area contributed by atoms with Crippen molar-refractivity contribution in [2.75, 3.05) is 13.2 Å². The summed E-state index contributed by atoms with van der Waals surface area (Å²) in [4.78, 5) is 35.6. The van der Waals surface area contributed by atoms with Crippen LogP contribution >= 0.6 is 0 Å². The van der Waals surface area contributed by atoms with E-state index in [0.717, 1.165) is 31.8 Å². The van der Waals surface area contributed by atoms with Gasteiger partial charge in [-0.2, -0.15) is 0 Å². The molecule has 0 heterocycles. The number of phenolic OH excluding ortho intramolecular Hbond substituents is 1. The summed E-state index contributed by atoms with van der Waals surface area (Å²) >= 11 is 0. The van der Waals surface area contributed by atoms with E-state index >= 15 is 0 Å². The minimum atomic E-state index is -0.576. The fraction of sp³-hybridized carbons (Fsp3) is 0.207. The van der Waals surface area contributed by atoms with Crippen LogP contribution in [0, 0.1) is 0 Å². The second kappa shape index (κ2) is 14.1. The Kier molecular flexibility index (Phi) is 10.3. The van der Waals surface area contributed by atoms with Gasteiger partial charge in [0, 0.05) is 6.08 Å². The first-order chi connectivity index (χ1) is 17.9. The van der Waals surface area contributed by atoms with E-state index in [9.17, 15) is 19.5 Å². The van der Waals surface area contributed by atoms with Crippen molar-refractivity contribution in [3.63, 3.8) is 0 Å². The number of aromatic hydroxyl groups is 1. The van der Waals surface area contributed by atoms with E-state index in [1.54, 1.807) is 24.3 Å². The maximum Gasteiger partial charge on any atom is 0.343 e. The predicted molar refractivity (Wildman–Crippen MR) is 136 cm³/mol. The Balaban J connectivity index is 1.38. The van der Waals surface area contributed by atoms with Crippen LogP contribution in [0.4, 0.5) is 0 Å². The maximum atomic E-state index is 12.4. The first-order valence-electron chi connectivity index (χ1n) is 11.8. The van der Waals surface area contributed by atoms with E-state index in [1.807, 2.05) is 0 Å². The lowest BCUT2D eigenvalue weighted by Gasteiger charge is -2.08. The maximum absolute atomic E-state index is 12.4. The number of hydrogen-bond acceptors (Lipinski definition) is 8. The summed E-state index contributed by atoms with van der Waals surface area (Å²) in [6.45, 7) is 4.28.